The highest BCUT2D eigenvalue weighted by molar-refractivity contribution is 7.14. The minimum atomic E-state index is -0.482. The zero-order valence-electron chi connectivity index (χ0n) is 11.8. The minimum Gasteiger partial charge on any atom is -0.361 e. The van der Waals surface area contributed by atoms with Crippen molar-refractivity contribution in [3.63, 3.8) is 0 Å². The second kappa shape index (κ2) is 6.09. The molecule has 1 aliphatic rings. The third-order valence-electron chi connectivity index (χ3n) is 3.40. The zero-order chi connectivity index (χ0) is 14.7. The van der Waals surface area contributed by atoms with Crippen molar-refractivity contribution < 1.29 is 13.9 Å². The van der Waals surface area contributed by atoms with Crippen molar-refractivity contribution in [3.8, 4) is 11.3 Å². The molecule has 2 heterocycles. The summed E-state index contributed by atoms with van der Waals surface area (Å²) in [5.41, 5.74) is 1.76. The van der Waals surface area contributed by atoms with Crippen molar-refractivity contribution in [1.82, 2.24) is 4.98 Å². The lowest BCUT2D eigenvalue weighted by atomic mass is 10.2. The SMILES string of the molecule is CC1(CCNc2nc(-c3ccc(F)cc3)cs2)OCCO1. The monoisotopic (exact) mass is 308 g/mol. The highest BCUT2D eigenvalue weighted by Crippen LogP contribution is 2.26. The van der Waals surface area contributed by atoms with Gasteiger partial charge in [0, 0.05) is 23.9 Å². The molecule has 0 radical (unpaired) electrons. The van der Waals surface area contributed by atoms with Gasteiger partial charge in [-0.15, -0.1) is 11.3 Å². The molecule has 0 unspecified atom stereocenters. The number of thiazole rings is 1. The van der Waals surface area contributed by atoms with E-state index in [0.29, 0.717) is 13.2 Å². The van der Waals surface area contributed by atoms with Crippen molar-refractivity contribution in [3.05, 3.63) is 35.5 Å². The van der Waals surface area contributed by atoms with Crippen LogP contribution in [0.15, 0.2) is 29.6 Å². The van der Waals surface area contributed by atoms with Gasteiger partial charge in [0.05, 0.1) is 18.9 Å². The molecular formula is C15H17FN2O2S. The van der Waals surface area contributed by atoms with Crippen molar-refractivity contribution in [2.24, 2.45) is 0 Å². The molecule has 0 atom stereocenters. The second-order valence-electron chi connectivity index (χ2n) is 5.05. The summed E-state index contributed by atoms with van der Waals surface area (Å²) < 4.78 is 24.0. The van der Waals surface area contributed by atoms with Gasteiger partial charge in [0.2, 0.25) is 0 Å². The summed E-state index contributed by atoms with van der Waals surface area (Å²) in [7, 11) is 0. The molecule has 112 valence electrons. The van der Waals surface area contributed by atoms with E-state index < -0.39 is 5.79 Å². The molecule has 0 amide bonds. The van der Waals surface area contributed by atoms with Crippen LogP contribution in [0.2, 0.25) is 0 Å². The number of benzene rings is 1. The Morgan fingerprint density at radius 1 is 1.29 bits per heavy atom. The van der Waals surface area contributed by atoms with E-state index >= 15 is 0 Å². The number of rotatable bonds is 5. The van der Waals surface area contributed by atoms with Gasteiger partial charge in [0.1, 0.15) is 5.82 Å². The van der Waals surface area contributed by atoms with Gasteiger partial charge in [-0.3, -0.25) is 0 Å². The maximum absolute atomic E-state index is 12.9. The van der Waals surface area contributed by atoms with Crippen LogP contribution < -0.4 is 5.32 Å². The summed E-state index contributed by atoms with van der Waals surface area (Å²) in [4.78, 5) is 4.50. The third kappa shape index (κ3) is 3.58. The smallest absolute Gasteiger partial charge is 0.183 e. The van der Waals surface area contributed by atoms with Gasteiger partial charge < -0.3 is 14.8 Å². The van der Waals surface area contributed by atoms with E-state index in [0.717, 1.165) is 29.4 Å². The number of anilines is 1. The first-order valence-electron chi connectivity index (χ1n) is 6.88. The predicted molar refractivity (Wildman–Crippen MR) is 80.9 cm³/mol. The number of nitrogens with one attached hydrogen (secondary N) is 1. The molecule has 3 rings (SSSR count). The summed E-state index contributed by atoms with van der Waals surface area (Å²) in [5, 5.41) is 6.07. The molecule has 1 aromatic heterocycles. The maximum Gasteiger partial charge on any atom is 0.183 e. The van der Waals surface area contributed by atoms with Gasteiger partial charge >= 0.3 is 0 Å². The van der Waals surface area contributed by atoms with Gasteiger partial charge in [-0.25, -0.2) is 9.37 Å². The van der Waals surface area contributed by atoms with Crippen molar-refractivity contribution >= 4 is 16.5 Å². The molecule has 1 N–H and O–H groups in total. The van der Waals surface area contributed by atoms with E-state index in [1.54, 1.807) is 12.1 Å². The third-order valence-corrected chi connectivity index (χ3v) is 4.20. The number of halogens is 1. The van der Waals surface area contributed by atoms with Crippen LogP contribution in [0.5, 0.6) is 0 Å². The van der Waals surface area contributed by atoms with E-state index in [1.165, 1.54) is 23.5 Å². The number of aromatic nitrogens is 1. The Bertz CT molecular complexity index is 594. The number of ether oxygens (including phenoxy) is 2. The maximum atomic E-state index is 12.9. The fraction of sp³-hybridized carbons (Fsp3) is 0.400. The molecule has 21 heavy (non-hydrogen) atoms. The van der Waals surface area contributed by atoms with Gasteiger partial charge in [0.15, 0.2) is 10.9 Å². The van der Waals surface area contributed by atoms with E-state index in [9.17, 15) is 4.39 Å². The standard InChI is InChI=1S/C15H17FN2O2S/c1-15(19-8-9-20-15)6-7-17-14-18-13(10-21-14)11-2-4-12(16)5-3-11/h2-5,10H,6-9H2,1H3,(H,17,18). The van der Waals surface area contributed by atoms with Crippen LogP contribution in [-0.4, -0.2) is 30.5 Å². The lowest BCUT2D eigenvalue weighted by Crippen LogP contribution is -2.28. The number of hydrogen-bond acceptors (Lipinski definition) is 5. The molecule has 0 bridgehead atoms. The van der Waals surface area contributed by atoms with Crippen molar-refractivity contribution in [1.29, 1.82) is 0 Å². The van der Waals surface area contributed by atoms with Crippen LogP contribution in [0.3, 0.4) is 0 Å². The van der Waals surface area contributed by atoms with E-state index in [-0.39, 0.29) is 5.82 Å². The van der Waals surface area contributed by atoms with E-state index in [4.69, 9.17) is 9.47 Å². The van der Waals surface area contributed by atoms with Gasteiger partial charge in [-0.05, 0) is 31.2 Å². The molecule has 1 fully saturated rings. The Morgan fingerprint density at radius 2 is 2.00 bits per heavy atom. The summed E-state index contributed by atoms with van der Waals surface area (Å²) in [5.74, 6) is -0.721. The Morgan fingerprint density at radius 3 is 2.71 bits per heavy atom. The molecule has 4 nitrogen and oxygen atoms in total. The predicted octanol–water partition coefficient (Wildman–Crippen LogP) is 3.51. The second-order valence-corrected chi connectivity index (χ2v) is 5.91. The van der Waals surface area contributed by atoms with Gasteiger partial charge in [0.25, 0.3) is 0 Å². The lowest BCUT2D eigenvalue weighted by molar-refractivity contribution is -0.144. The molecule has 6 heteroatoms. The number of nitrogens with zero attached hydrogens (tertiary/aromatic N) is 1. The molecule has 0 saturated carbocycles. The van der Waals surface area contributed by atoms with Crippen molar-refractivity contribution in [2.45, 2.75) is 19.1 Å². The summed E-state index contributed by atoms with van der Waals surface area (Å²) in [6.07, 6.45) is 0.762. The molecule has 1 aliphatic heterocycles. The molecule has 0 spiro atoms. The Balaban J connectivity index is 1.56. The summed E-state index contributed by atoms with van der Waals surface area (Å²) in [6.45, 7) is 3.99. The minimum absolute atomic E-state index is 0.239. The lowest BCUT2D eigenvalue weighted by Gasteiger charge is -2.21. The first-order valence-corrected chi connectivity index (χ1v) is 7.76. The molecule has 1 aromatic carbocycles. The first-order chi connectivity index (χ1) is 10.1. The highest BCUT2D eigenvalue weighted by Gasteiger charge is 2.30. The molecular weight excluding hydrogens is 291 g/mol. The largest absolute Gasteiger partial charge is 0.361 e. The van der Waals surface area contributed by atoms with Gasteiger partial charge in [-0.2, -0.15) is 0 Å². The fourth-order valence-electron chi connectivity index (χ4n) is 2.21. The first kappa shape index (κ1) is 14.4. The zero-order valence-corrected chi connectivity index (χ0v) is 12.6. The molecule has 1 saturated heterocycles. The van der Waals surface area contributed by atoms with E-state index in [2.05, 4.69) is 10.3 Å². The Labute approximate surface area is 126 Å². The average molecular weight is 308 g/mol. The Hall–Kier alpha value is -1.50. The summed E-state index contributed by atoms with van der Waals surface area (Å²) >= 11 is 1.53. The average Bonchev–Trinajstić information content (AvgIpc) is 3.10. The van der Waals surface area contributed by atoms with E-state index in [1.807, 2.05) is 12.3 Å². The fourth-order valence-corrected chi connectivity index (χ4v) is 2.95. The Kier molecular flexibility index (Phi) is 4.19. The van der Waals surface area contributed by atoms with Crippen LogP contribution in [0.25, 0.3) is 11.3 Å². The van der Waals surface area contributed by atoms with Crippen LogP contribution in [-0.2, 0) is 9.47 Å². The van der Waals surface area contributed by atoms with Crippen molar-refractivity contribution in [2.75, 3.05) is 25.1 Å². The van der Waals surface area contributed by atoms with Gasteiger partial charge in [-0.1, -0.05) is 0 Å². The quantitative estimate of drug-likeness (QED) is 0.918. The molecule has 2 aromatic rings. The molecule has 0 aliphatic carbocycles. The highest BCUT2D eigenvalue weighted by atomic mass is 32.1. The van der Waals surface area contributed by atoms with Crippen LogP contribution in [0, 0.1) is 5.82 Å². The van der Waals surface area contributed by atoms with Crippen LogP contribution in [0.1, 0.15) is 13.3 Å². The number of hydrogen-bond donors (Lipinski definition) is 1. The van der Waals surface area contributed by atoms with Crippen LogP contribution >= 0.6 is 11.3 Å². The normalized spacial score (nSPS) is 17.0. The topological polar surface area (TPSA) is 43.4 Å². The van der Waals surface area contributed by atoms with Crippen LogP contribution in [0.4, 0.5) is 9.52 Å². The summed E-state index contributed by atoms with van der Waals surface area (Å²) in [6, 6.07) is 6.35.